The van der Waals surface area contributed by atoms with Crippen LogP contribution in [0, 0.1) is 0 Å². The standard InChI is InChI=1S/C25H36N4O5/c1-5-6-7-8-9-10-11-12-13-14-15-28-19-17-21(33-3)20(32-2)16-18(19)26-22-23(28)27-25(31)29(34-4)24(22)30/h16-17H,5-15H2,1-4H3. The van der Waals surface area contributed by atoms with Crippen LogP contribution in [0.3, 0.4) is 0 Å². The highest BCUT2D eigenvalue weighted by atomic mass is 16.7. The molecule has 9 nitrogen and oxygen atoms in total. The van der Waals surface area contributed by atoms with E-state index in [0.29, 0.717) is 28.3 Å². The lowest BCUT2D eigenvalue weighted by atomic mass is 10.1. The van der Waals surface area contributed by atoms with E-state index >= 15 is 0 Å². The van der Waals surface area contributed by atoms with E-state index < -0.39 is 11.2 Å². The summed E-state index contributed by atoms with van der Waals surface area (Å²) in [4.78, 5) is 38.8. The van der Waals surface area contributed by atoms with Crippen LogP contribution in [0.1, 0.15) is 71.1 Å². The van der Waals surface area contributed by atoms with E-state index in [1.165, 1.54) is 52.1 Å². The SMILES string of the molecule is CCCCCCCCCCCCn1c2nc(=O)n(OC)c(=O)c-2nc2cc(OC)c(OC)cc21. The van der Waals surface area contributed by atoms with Gasteiger partial charge in [0.15, 0.2) is 23.0 Å². The lowest BCUT2D eigenvalue weighted by molar-refractivity contribution is 0.144. The first kappa shape index (κ1) is 25.5. The molecule has 0 unspecified atom stereocenters. The molecule has 0 bridgehead atoms. The number of aryl methyl sites for hydroxylation is 1. The van der Waals surface area contributed by atoms with Gasteiger partial charge in [-0.3, -0.25) is 4.79 Å². The molecule has 3 rings (SSSR count). The molecule has 0 amide bonds. The summed E-state index contributed by atoms with van der Waals surface area (Å²) in [6.07, 6.45) is 12.2. The smallest absolute Gasteiger partial charge is 0.386 e. The molecule has 0 saturated heterocycles. The maximum atomic E-state index is 12.9. The summed E-state index contributed by atoms with van der Waals surface area (Å²) >= 11 is 0. The zero-order valence-electron chi connectivity index (χ0n) is 20.8. The van der Waals surface area contributed by atoms with Gasteiger partial charge in [0, 0.05) is 18.7 Å². The van der Waals surface area contributed by atoms with Gasteiger partial charge in [0.25, 0.3) is 0 Å². The van der Waals surface area contributed by atoms with Crippen molar-refractivity contribution in [3.05, 3.63) is 33.0 Å². The van der Waals surface area contributed by atoms with Crippen molar-refractivity contribution < 1.29 is 14.3 Å². The van der Waals surface area contributed by atoms with Crippen LogP contribution in [-0.2, 0) is 6.54 Å². The minimum absolute atomic E-state index is 0.0771. The molecule has 1 aromatic rings. The van der Waals surface area contributed by atoms with Crippen LogP contribution >= 0.6 is 0 Å². The number of unbranched alkanes of at least 4 members (excludes halogenated alkanes) is 9. The van der Waals surface area contributed by atoms with Crippen molar-refractivity contribution in [3.63, 3.8) is 0 Å². The number of nitrogens with zero attached hydrogens (tertiary/aromatic N) is 4. The molecule has 9 heteroatoms. The number of rotatable bonds is 14. The molecule has 1 aromatic carbocycles. The van der Waals surface area contributed by atoms with Crippen molar-refractivity contribution >= 4 is 11.0 Å². The fourth-order valence-corrected chi connectivity index (χ4v) is 4.30. The molecule has 0 aromatic heterocycles. The highest BCUT2D eigenvalue weighted by Crippen LogP contribution is 2.33. The summed E-state index contributed by atoms with van der Waals surface area (Å²) in [5, 5.41) is 0. The van der Waals surface area contributed by atoms with Crippen molar-refractivity contribution in [2.45, 2.75) is 77.7 Å². The second kappa shape index (κ2) is 12.4. The Balaban J connectivity index is 1.85. The van der Waals surface area contributed by atoms with Crippen molar-refractivity contribution in [2.75, 3.05) is 21.3 Å². The van der Waals surface area contributed by atoms with Gasteiger partial charge in [0.05, 0.1) is 25.3 Å². The maximum Gasteiger partial charge on any atom is 0.386 e. The summed E-state index contributed by atoms with van der Waals surface area (Å²) in [5.41, 5.74) is -0.0438. The summed E-state index contributed by atoms with van der Waals surface area (Å²) in [6.45, 7) is 2.84. The Hall–Kier alpha value is -3.10. The molecule has 2 aliphatic heterocycles. The second-order valence-electron chi connectivity index (χ2n) is 8.49. The van der Waals surface area contributed by atoms with Crippen LogP contribution in [0.5, 0.6) is 11.5 Å². The molecule has 34 heavy (non-hydrogen) atoms. The predicted molar refractivity (Wildman–Crippen MR) is 132 cm³/mol. The van der Waals surface area contributed by atoms with Crippen molar-refractivity contribution in [1.29, 1.82) is 0 Å². The van der Waals surface area contributed by atoms with Gasteiger partial charge in [0.1, 0.15) is 7.11 Å². The van der Waals surface area contributed by atoms with Gasteiger partial charge in [0.2, 0.25) is 0 Å². The molecule has 0 N–H and O–H groups in total. The minimum Gasteiger partial charge on any atom is -0.493 e. The average molecular weight is 473 g/mol. The lowest BCUT2D eigenvalue weighted by Crippen LogP contribution is -2.41. The number of methoxy groups -OCH3 is 2. The third-order valence-corrected chi connectivity index (χ3v) is 6.15. The molecule has 0 fully saturated rings. The Labute approximate surface area is 200 Å². The van der Waals surface area contributed by atoms with Gasteiger partial charge >= 0.3 is 11.2 Å². The lowest BCUT2D eigenvalue weighted by Gasteiger charge is -2.19. The highest BCUT2D eigenvalue weighted by Gasteiger charge is 2.23. The molecule has 0 aliphatic carbocycles. The Morgan fingerprint density at radius 1 is 0.794 bits per heavy atom. The van der Waals surface area contributed by atoms with Gasteiger partial charge in [-0.1, -0.05) is 69.4 Å². The summed E-state index contributed by atoms with van der Waals surface area (Å²) < 4.78 is 13.4. The van der Waals surface area contributed by atoms with E-state index in [0.717, 1.165) is 24.8 Å². The topological polar surface area (TPSA) is 97.5 Å². The molecular weight excluding hydrogens is 436 g/mol. The number of hydrogen-bond acceptors (Lipinski definition) is 7. The second-order valence-corrected chi connectivity index (χ2v) is 8.49. The predicted octanol–water partition coefficient (Wildman–Crippen LogP) is 4.05. The first-order valence-electron chi connectivity index (χ1n) is 12.2. The molecule has 2 aliphatic rings. The molecule has 0 radical (unpaired) electrons. The van der Waals surface area contributed by atoms with Crippen LogP contribution in [0.25, 0.3) is 22.6 Å². The van der Waals surface area contributed by atoms with Gasteiger partial charge in [-0.15, -0.1) is 0 Å². The van der Waals surface area contributed by atoms with Gasteiger partial charge in [-0.2, -0.15) is 4.98 Å². The molecule has 186 valence electrons. The van der Waals surface area contributed by atoms with Crippen molar-refractivity contribution in [1.82, 2.24) is 19.3 Å². The van der Waals surface area contributed by atoms with Crippen LogP contribution in [0.2, 0.25) is 0 Å². The number of ether oxygens (including phenoxy) is 2. The largest absolute Gasteiger partial charge is 0.493 e. The number of hydrogen-bond donors (Lipinski definition) is 0. The zero-order valence-corrected chi connectivity index (χ0v) is 20.8. The third-order valence-electron chi connectivity index (χ3n) is 6.15. The first-order chi connectivity index (χ1) is 16.5. The zero-order chi connectivity index (χ0) is 24.5. The maximum absolute atomic E-state index is 12.9. The van der Waals surface area contributed by atoms with E-state index in [1.54, 1.807) is 20.3 Å². The average Bonchev–Trinajstić information content (AvgIpc) is 2.84. The van der Waals surface area contributed by atoms with Crippen LogP contribution < -0.4 is 25.6 Å². The minimum atomic E-state index is -0.765. The van der Waals surface area contributed by atoms with E-state index in [4.69, 9.17) is 14.3 Å². The van der Waals surface area contributed by atoms with Gasteiger partial charge in [-0.05, 0) is 6.42 Å². The highest BCUT2D eigenvalue weighted by molar-refractivity contribution is 5.83. The van der Waals surface area contributed by atoms with Crippen LogP contribution in [0.4, 0.5) is 0 Å². The normalized spacial score (nSPS) is 11.3. The number of aromatic nitrogens is 4. The van der Waals surface area contributed by atoms with Crippen LogP contribution in [0.15, 0.2) is 21.7 Å². The third kappa shape index (κ3) is 5.69. The molecule has 2 heterocycles. The van der Waals surface area contributed by atoms with Crippen molar-refractivity contribution in [2.24, 2.45) is 0 Å². The Kier molecular flexibility index (Phi) is 9.30. The number of fused-ring (bicyclic) bond motifs is 2. The van der Waals surface area contributed by atoms with E-state index in [9.17, 15) is 9.59 Å². The quantitative estimate of drug-likeness (QED) is 0.258. The Morgan fingerprint density at radius 2 is 1.38 bits per heavy atom. The fraction of sp³-hybridized carbons (Fsp3) is 0.600. The Bertz CT molecular complexity index is 1170. The van der Waals surface area contributed by atoms with Gasteiger partial charge in [-0.25, -0.2) is 9.78 Å². The molecule has 0 spiro atoms. The first-order valence-corrected chi connectivity index (χ1v) is 12.2. The fourth-order valence-electron chi connectivity index (χ4n) is 4.30. The summed E-state index contributed by atoms with van der Waals surface area (Å²) in [5.74, 6) is 1.30. The van der Waals surface area contributed by atoms with E-state index in [-0.39, 0.29) is 11.5 Å². The monoisotopic (exact) mass is 472 g/mol. The van der Waals surface area contributed by atoms with Gasteiger partial charge < -0.3 is 18.9 Å². The summed E-state index contributed by atoms with van der Waals surface area (Å²) in [7, 11) is 4.37. The molecule has 0 atom stereocenters. The number of benzene rings is 1. The van der Waals surface area contributed by atoms with E-state index in [2.05, 4.69) is 16.9 Å². The van der Waals surface area contributed by atoms with E-state index in [1.807, 2.05) is 10.6 Å². The molecule has 0 saturated carbocycles. The van der Waals surface area contributed by atoms with Crippen molar-refractivity contribution in [3.8, 4) is 23.0 Å². The summed E-state index contributed by atoms with van der Waals surface area (Å²) in [6, 6.07) is 3.54. The van der Waals surface area contributed by atoms with Crippen LogP contribution in [-0.4, -0.2) is 40.6 Å². The molecular formula is C25H36N4O5. The Morgan fingerprint density at radius 3 is 1.97 bits per heavy atom.